The Morgan fingerprint density at radius 3 is 1.15 bits per heavy atom. The Balaban J connectivity index is 2.42. The summed E-state index contributed by atoms with van der Waals surface area (Å²) in [6, 6.07) is 20.2. The molecule has 0 bridgehead atoms. The smallest absolute Gasteiger partial charge is 0.0314 e. The fourth-order valence-electron chi connectivity index (χ4n) is 3.21. The molecule has 0 unspecified atom stereocenters. The van der Waals surface area contributed by atoms with Crippen LogP contribution in [0.2, 0.25) is 0 Å². The second kappa shape index (κ2) is 6.93. The SMILES string of the molecule is C=C(C)c1ccc(C(=C)C)c(-c2ccc(N)cc2)c1-c1ccc(N)cc1. The summed E-state index contributed by atoms with van der Waals surface area (Å²) in [5.74, 6) is 0. The predicted octanol–water partition coefficient (Wildman–Crippen LogP) is 6.25. The van der Waals surface area contributed by atoms with Gasteiger partial charge in [0.1, 0.15) is 0 Å². The van der Waals surface area contributed by atoms with Crippen molar-refractivity contribution in [3.63, 3.8) is 0 Å². The second-order valence-electron chi connectivity index (χ2n) is 6.72. The molecule has 2 heteroatoms. The summed E-state index contributed by atoms with van der Waals surface area (Å²) >= 11 is 0. The molecule has 0 amide bonds. The van der Waals surface area contributed by atoms with Gasteiger partial charge < -0.3 is 11.5 Å². The summed E-state index contributed by atoms with van der Waals surface area (Å²) in [5, 5.41) is 0. The van der Waals surface area contributed by atoms with Crippen LogP contribution in [0.5, 0.6) is 0 Å². The number of allylic oxidation sites excluding steroid dienone is 2. The van der Waals surface area contributed by atoms with Crippen LogP contribution in [-0.4, -0.2) is 0 Å². The van der Waals surface area contributed by atoms with Crippen LogP contribution >= 0.6 is 0 Å². The molecule has 0 spiro atoms. The van der Waals surface area contributed by atoms with E-state index in [9.17, 15) is 0 Å². The molecule has 0 aliphatic rings. The lowest BCUT2D eigenvalue weighted by Gasteiger charge is -2.20. The van der Waals surface area contributed by atoms with Crippen molar-refractivity contribution in [2.45, 2.75) is 13.8 Å². The molecule has 0 fully saturated rings. The minimum atomic E-state index is 0.746. The highest BCUT2D eigenvalue weighted by Gasteiger charge is 2.17. The summed E-state index contributed by atoms with van der Waals surface area (Å²) < 4.78 is 0. The Morgan fingerprint density at radius 2 is 0.885 bits per heavy atom. The Labute approximate surface area is 155 Å². The van der Waals surface area contributed by atoms with E-state index < -0.39 is 0 Å². The van der Waals surface area contributed by atoms with Crippen molar-refractivity contribution in [1.82, 2.24) is 0 Å². The molecule has 0 heterocycles. The Kier molecular flexibility index (Phi) is 4.68. The maximum Gasteiger partial charge on any atom is 0.0314 e. The summed E-state index contributed by atoms with van der Waals surface area (Å²) in [6.07, 6.45) is 0. The van der Waals surface area contributed by atoms with Crippen LogP contribution in [0, 0.1) is 0 Å². The lowest BCUT2D eigenvalue weighted by Crippen LogP contribution is -1.97. The van der Waals surface area contributed by atoms with Crippen molar-refractivity contribution >= 4 is 22.5 Å². The van der Waals surface area contributed by atoms with Gasteiger partial charge in [0.05, 0.1) is 0 Å². The van der Waals surface area contributed by atoms with Crippen molar-refractivity contribution in [1.29, 1.82) is 0 Å². The molecule has 0 aliphatic heterocycles. The Morgan fingerprint density at radius 1 is 0.577 bits per heavy atom. The zero-order valence-electron chi connectivity index (χ0n) is 15.3. The first-order chi connectivity index (χ1) is 12.4. The van der Waals surface area contributed by atoms with E-state index in [1.807, 2.05) is 38.1 Å². The van der Waals surface area contributed by atoms with Gasteiger partial charge in [-0.05, 0) is 71.5 Å². The van der Waals surface area contributed by atoms with Crippen LogP contribution in [0.3, 0.4) is 0 Å². The number of anilines is 2. The number of nitrogen functional groups attached to an aromatic ring is 2. The average molecular weight is 340 g/mol. The monoisotopic (exact) mass is 340 g/mol. The van der Waals surface area contributed by atoms with E-state index in [-0.39, 0.29) is 0 Å². The quantitative estimate of drug-likeness (QED) is 0.551. The molecule has 0 atom stereocenters. The van der Waals surface area contributed by atoms with Crippen LogP contribution in [-0.2, 0) is 0 Å². The average Bonchev–Trinajstić information content (AvgIpc) is 2.61. The molecular weight excluding hydrogens is 316 g/mol. The second-order valence-corrected chi connectivity index (χ2v) is 6.72. The standard InChI is InChI=1S/C24H24N2/c1-15(2)21-13-14-22(16(3)4)24(18-7-11-20(26)12-8-18)23(21)17-5-9-19(25)10-6-17/h5-14H,1,3,25-26H2,2,4H3. The maximum absolute atomic E-state index is 5.90. The minimum Gasteiger partial charge on any atom is -0.399 e. The van der Waals surface area contributed by atoms with Crippen molar-refractivity contribution in [2.75, 3.05) is 11.5 Å². The minimum absolute atomic E-state index is 0.746. The normalized spacial score (nSPS) is 10.5. The molecule has 26 heavy (non-hydrogen) atoms. The molecule has 0 saturated heterocycles. The number of hydrogen-bond donors (Lipinski definition) is 2. The van der Waals surface area contributed by atoms with E-state index in [1.54, 1.807) is 0 Å². The van der Waals surface area contributed by atoms with Crippen molar-refractivity contribution in [2.24, 2.45) is 0 Å². The highest BCUT2D eigenvalue weighted by atomic mass is 14.5. The number of rotatable bonds is 4. The fraction of sp³-hybridized carbons (Fsp3) is 0.0833. The molecule has 3 aromatic carbocycles. The highest BCUT2D eigenvalue weighted by Crippen LogP contribution is 2.42. The van der Waals surface area contributed by atoms with E-state index in [0.29, 0.717) is 0 Å². The van der Waals surface area contributed by atoms with Crippen molar-refractivity contribution in [3.8, 4) is 22.3 Å². The molecular formula is C24H24N2. The highest BCUT2D eigenvalue weighted by molar-refractivity contribution is 5.97. The van der Waals surface area contributed by atoms with Crippen LogP contribution in [0.15, 0.2) is 73.8 Å². The van der Waals surface area contributed by atoms with E-state index in [4.69, 9.17) is 11.5 Å². The first-order valence-corrected chi connectivity index (χ1v) is 8.59. The molecule has 0 saturated carbocycles. The van der Waals surface area contributed by atoms with Crippen LogP contribution in [0.4, 0.5) is 11.4 Å². The molecule has 0 radical (unpaired) electrons. The third-order valence-electron chi connectivity index (χ3n) is 4.52. The third kappa shape index (κ3) is 3.27. The molecule has 130 valence electrons. The maximum atomic E-state index is 5.90. The first kappa shape index (κ1) is 17.6. The first-order valence-electron chi connectivity index (χ1n) is 8.59. The van der Waals surface area contributed by atoms with E-state index in [1.165, 1.54) is 0 Å². The Hall–Kier alpha value is -3.26. The van der Waals surface area contributed by atoms with E-state index in [0.717, 1.165) is 55.9 Å². The predicted molar refractivity (Wildman–Crippen MR) is 116 cm³/mol. The van der Waals surface area contributed by atoms with Gasteiger partial charge in [0.2, 0.25) is 0 Å². The molecule has 3 aromatic rings. The lowest BCUT2D eigenvalue weighted by atomic mass is 9.83. The van der Waals surface area contributed by atoms with Crippen molar-refractivity contribution < 1.29 is 0 Å². The molecule has 0 aliphatic carbocycles. The Bertz CT molecular complexity index is 895. The number of nitrogens with two attached hydrogens (primary N) is 2. The summed E-state index contributed by atoms with van der Waals surface area (Å²) in [7, 11) is 0. The van der Waals surface area contributed by atoms with E-state index in [2.05, 4.69) is 49.6 Å². The third-order valence-corrected chi connectivity index (χ3v) is 4.52. The zero-order valence-corrected chi connectivity index (χ0v) is 15.3. The van der Waals surface area contributed by atoms with Gasteiger partial charge in [-0.15, -0.1) is 0 Å². The van der Waals surface area contributed by atoms with Gasteiger partial charge in [0, 0.05) is 11.4 Å². The van der Waals surface area contributed by atoms with Gasteiger partial charge in [-0.3, -0.25) is 0 Å². The molecule has 4 N–H and O–H groups in total. The van der Waals surface area contributed by atoms with Crippen LogP contribution in [0.1, 0.15) is 25.0 Å². The molecule has 3 rings (SSSR count). The van der Waals surface area contributed by atoms with Gasteiger partial charge >= 0.3 is 0 Å². The van der Waals surface area contributed by atoms with Crippen LogP contribution < -0.4 is 11.5 Å². The summed E-state index contributed by atoms with van der Waals surface area (Å²) in [6.45, 7) is 12.4. The molecule has 2 nitrogen and oxygen atoms in total. The van der Waals surface area contributed by atoms with Gasteiger partial charge in [-0.2, -0.15) is 0 Å². The zero-order chi connectivity index (χ0) is 18.8. The van der Waals surface area contributed by atoms with Gasteiger partial charge in [-0.1, -0.05) is 60.7 Å². The lowest BCUT2D eigenvalue weighted by molar-refractivity contribution is 1.49. The van der Waals surface area contributed by atoms with Gasteiger partial charge in [0.15, 0.2) is 0 Å². The van der Waals surface area contributed by atoms with Gasteiger partial charge in [0.25, 0.3) is 0 Å². The molecule has 0 aromatic heterocycles. The largest absolute Gasteiger partial charge is 0.399 e. The van der Waals surface area contributed by atoms with Gasteiger partial charge in [-0.25, -0.2) is 0 Å². The summed E-state index contributed by atoms with van der Waals surface area (Å²) in [5.41, 5.74) is 22.1. The topological polar surface area (TPSA) is 52.0 Å². The van der Waals surface area contributed by atoms with Crippen molar-refractivity contribution in [3.05, 3.63) is 84.9 Å². The van der Waals surface area contributed by atoms with Crippen LogP contribution in [0.25, 0.3) is 33.4 Å². The number of benzene rings is 3. The fourth-order valence-corrected chi connectivity index (χ4v) is 3.21. The summed E-state index contributed by atoms with van der Waals surface area (Å²) in [4.78, 5) is 0. The number of hydrogen-bond acceptors (Lipinski definition) is 2. The van der Waals surface area contributed by atoms with E-state index >= 15 is 0 Å².